The van der Waals surface area contributed by atoms with Crippen molar-refractivity contribution in [2.24, 2.45) is 0 Å². The van der Waals surface area contributed by atoms with Crippen LogP contribution in [-0.2, 0) is 19.1 Å². The van der Waals surface area contributed by atoms with Gasteiger partial charge in [0, 0.05) is 5.57 Å². The maximum absolute atomic E-state index is 10.8. The van der Waals surface area contributed by atoms with Crippen LogP contribution >= 0.6 is 11.8 Å². The van der Waals surface area contributed by atoms with E-state index in [0.29, 0.717) is 11.3 Å². The number of ether oxygens (including phenoxy) is 2. The summed E-state index contributed by atoms with van der Waals surface area (Å²) in [5.41, 5.74) is 0.334. The molecule has 0 N–H and O–H groups in total. The number of esters is 2. The van der Waals surface area contributed by atoms with E-state index in [-0.39, 0.29) is 19.2 Å². The highest BCUT2D eigenvalue weighted by Crippen LogP contribution is 1.94. The van der Waals surface area contributed by atoms with Gasteiger partial charge in [0.25, 0.3) is 0 Å². The van der Waals surface area contributed by atoms with Gasteiger partial charge in [-0.25, -0.2) is 4.79 Å². The number of hydrogen-bond acceptors (Lipinski definition) is 5. The van der Waals surface area contributed by atoms with Crippen molar-refractivity contribution < 1.29 is 19.1 Å². The Morgan fingerprint density at radius 3 is 2.36 bits per heavy atom. The van der Waals surface area contributed by atoms with Crippen molar-refractivity contribution in [1.29, 1.82) is 0 Å². The molecule has 0 aromatic heterocycles. The van der Waals surface area contributed by atoms with Crippen LogP contribution in [0.3, 0.4) is 0 Å². The largest absolute Gasteiger partial charge is 0.461 e. The van der Waals surface area contributed by atoms with E-state index >= 15 is 0 Å². The molecule has 0 aromatic rings. The van der Waals surface area contributed by atoms with Crippen molar-refractivity contribution >= 4 is 23.7 Å². The van der Waals surface area contributed by atoms with E-state index in [9.17, 15) is 9.59 Å². The summed E-state index contributed by atoms with van der Waals surface area (Å²) in [6, 6.07) is 0. The van der Waals surface area contributed by atoms with Crippen LogP contribution in [0.25, 0.3) is 0 Å². The van der Waals surface area contributed by atoms with Gasteiger partial charge in [0.05, 0.1) is 5.75 Å². The first kappa shape index (κ1) is 13.0. The van der Waals surface area contributed by atoms with E-state index in [2.05, 4.69) is 6.58 Å². The number of carbonyl (C=O) groups is 2. The van der Waals surface area contributed by atoms with E-state index in [1.165, 1.54) is 11.8 Å². The monoisotopic (exact) mass is 218 g/mol. The Bertz CT molecular complexity index is 225. The molecule has 0 aliphatic rings. The van der Waals surface area contributed by atoms with E-state index in [0.717, 1.165) is 0 Å². The van der Waals surface area contributed by atoms with Gasteiger partial charge in [0.15, 0.2) is 0 Å². The number of carbonyl (C=O) groups excluding carboxylic acids is 2. The van der Waals surface area contributed by atoms with E-state index in [1.54, 1.807) is 6.92 Å². The first-order valence-corrected chi connectivity index (χ1v) is 5.44. The molecular formula is C9H14O4S. The average Bonchev–Trinajstić information content (AvgIpc) is 2.12. The second kappa shape index (κ2) is 7.44. The predicted octanol–water partition coefficient (Wildman–Crippen LogP) is 1.01. The van der Waals surface area contributed by atoms with Crippen LogP contribution in [0.1, 0.15) is 6.92 Å². The summed E-state index contributed by atoms with van der Waals surface area (Å²) in [5.74, 6) is -0.455. The molecule has 80 valence electrons. The van der Waals surface area contributed by atoms with Crippen LogP contribution in [0, 0.1) is 0 Å². The second-order valence-electron chi connectivity index (χ2n) is 2.57. The molecule has 0 fully saturated rings. The van der Waals surface area contributed by atoms with Gasteiger partial charge in [-0.1, -0.05) is 6.58 Å². The van der Waals surface area contributed by atoms with Gasteiger partial charge in [0.2, 0.25) is 0 Å². The van der Waals surface area contributed by atoms with Crippen LogP contribution in [0.15, 0.2) is 12.2 Å². The zero-order chi connectivity index (χ0) is 11.0. The van der Waals surface area contributed by atoms with Crippen molar-refractivity contribution in [3.05, 3.63) is 12.2 Å². The standard InChI is InChI=1S/C9H14O4S/c1-7(2)9(11)13-5-4-12-8(10)6-14-3/h1,4-6H2,2-3H3. The maximum atomic E-state index is 10.8. The van der Waals surface area contributed by atoms with Gasteiger partial charge in [-0.2, -0.15) is 11.8 Å². The SMILES string of the molecule is C=C(C)C(=O)OCCOC(=O)CSC. The van der Waals surface area contributed by atoms with Gasteiger partial charge < -0.3 is 9.47 Å². The Hall–Kier alpha value is -0.970. The smallest absolute Gasteiger partial charge is 0.333 e. The lowest BCUT2D eigenvalue weighted by atomic mass is 10.4. The Morgan fingerprint density at radius 1 is 1.29 bits per heavy atom. The molecule has 4 nitrogen and oxygen atoms in total. The normalized spacial score (nSPS) is 9.29. The molecule has 0 aliphatic heterocycles. The zero-order valence-corrected chi connectivity index (χ0v) is 9.19. The average molecular weight is 218 g/mol. The molecule has 5 heteroatoms. The van der Waals surface area contributed by atoms with Crippen molar-refractivity contribution in [1.82, 2.24) is 0 Å². The van der Waals surface area contributed by atoms with E-state index in [4.69, 9.17) is 9.47 Å². The fraction of sp³-hybridized carbons (Fsp3) is 0.556. The molecule has 0 saturated heterocycles. The van der Waals surface area contributed by atoms with Crippen LogP contribution in [0.5, 0.6) is 0 Å². The van der Waals surface area contributed by atoms with Gasteiger partial charge in [-0.15, -0.1) is 0 Å². The second-order valence-corrected chi connectivity index (χ2v) is 3.44. The highest BCUT2D eigenvalue weighted by Gasteiger charge is 2.04. The molecule has 0 rings (SSSR count). The van der Waals surface area contributed by atoms with Crippen LogP contribution in [0.2, 0.25) is 0 Å². The number of rotatable bonds is 6. The first-order chi connectivity index (χ1) is 6.57. The Labute approximate surface area is 87.6 Å². The number of thioether (sulfide) groups is 1. The summed E-state index contributed by atoms with van der Waals surface area (Å²) in [6.07, 6.45) is 1.81. The lowest BCUT2D eigenvalue weighted by Crippen LogP contribution is -2.15. The maximum Gasteiger partial charge on any atom is 0.333 e. The summed E-state index contributed by atoms with van der Waals surface area (Å²) in [5, 5.41) is 0. The van der Waals surface area contributed by atoms with E-state index in [1.807, 2.05) is 6.26 Å². The third-order valence-corrected chi connectivity index (χ3v) is 1.71. The van der Waals surface area contributed by atoms with Crippen molar-refractivity contribution in [3.8, 4) is 0 Å². The minimum atomic E-state index is -0.467. The van der Waals surface area contributed by atoms with Crippen LogP contribution in [0.4, 0.5) is 0 Å². The molecule has 0 heterocycles. The molecule has 0 saturated carbocycles. The minimum Gasteiger partial charge on any atom is -0.461 e. The molecule has 14 heavy (non-hydrogen) atoms. The topological polar surface area (TPSA) is 52.6 Å². The molecule has 0 spiro atoms. The lowest BCUT2D eigenvalue weighted by Gasteiger charge is -2.05. The summed E-state index contributed by atoms with van der Waals surface area (Å²) in [7, 11) is 0. The first-order valence-electron chi connectivity index (χ1n) is 4.05. The molecule has 0 atom stereocenters. The molecule has 0 aliphatic carbocycles. The fourth-order valence-corrected chi connectivity index (χ4v) is 0.892. The van der Waals surface area contributed by atoms with Crippen molar-refractivity contribution in [2.45, 2.75) is 6.92 Å². The predicted molar refractivity (Wildman–Crippen MR) is 55.1 cm³/mol. The van der Waals surface area contributed by atoms with Gasteiger partial charge in [-0.05, 0) is 13.2 Å². The fourth-order valence-electron chi connectivity index (χ4n) is 0.573. The third kappa shape index (κ3) is 6.54. The van der Waals surface area contributed by atoms with Crippen LogP contribution < -0.4 is 0 Å². The minimum absolute atomic E-state index is 0.0752. The van der Waals surface area contributed by atoms with Gasteiger partial charge >= 0.3 is 11.9 Å². The summed E-state index contributed by atoms with van der Waals surface area (Å²) in [4.78, 5) is 21.7. The number of hydrogen-bond donors (Lipinski definition) is 0. The lowest BCUT2D eigenvalue weighted by molar-refractivity contribution is -0.148. The molecule has 0 radical (unpaired) electrons. The molecule has 0 unspecified atom stereocenters. The Balaban J connectivity index is 3.42. The quantitative estimate of drug-likeness (QED) is 0.378. The van der Waals surface area contributed by atoms with Crippen LogP contribution in [-0.4, -0.2) is 37.2 Å². The van der Waals surface area contributed by atoms with Gasteiger partial charge in [-0.3, -0.25) is 4.79 Å². The zero-order valence-electron chi connectivity index (χ0n) is 8.37. The summed E-state index contributed by atoms with van der Waals surface area (Å²) >= 11 is 1.38. The van der Waals surface area contributed by atoms with Gasteiger partial charge in [0.1, 0.15) is 13.2 Å². The highest BCUT2D eigenvalue weighted by atomic mass is 32.2. The van der Waals surface area contributed by atoms with Crippen molar-refractivity contribution in [2.75, 3.05) is 25.2 Å². The Morgan fingerprint density at radius 2 is 1.86 bits per heavy atom. The summed E-state index contributed by atoms with van der Waals surface area (Å²) < 4.78 is 9.46. The molecule has 0 aromatic carbocycles. The Kier molecular flexibility index (Phi) is 6.92. The molecule has 0 amide bonds. The highest BCUT2D eigenvalue weighted by molar-refractivity contribution is 7.99. The summed E-state index contributed by atoms with van der Waals surface area (Å²) in [6.45, 7) is 5.14. The molecule has 0 bridgehead atoms. The van der Waals surface area contributed by atoms with Crippen molar-refractivity contribution in [3.63, 3.8) is 0 Å². The third-order valence-electron chi connectivity index (χ3n) is 1.19. The molecular weight excluding hydrogens is 204 g/mol. The van der Waals surface area contributed by atoms with E-state index < -0.39 is 5.97 Å².